The van der Waals surface area contributed by atoms with Crippen molar-refractivity contribution in [2.24, 2.45) is 0 Å². The number of benzene rings is 2. The monoisotopic (exact) mass is 402 g/mol. The molecule has 0 aliphatic carbocycles. The number of pyridine rings is 1. The Hall–Kier alpha value is -2.80. The maximum absolute atomic E-state index is 13.0. The van der Waals surface area contributed by atoms with E-state index in [4.69, 9.17) is 4.74 Å². The van der Waals surface area contributed by atoms with Gasteiger partial charge in [0.25, 0.3) is 5.91 Å². The molecule has 0 aliphatic heterocycles. The number of fused-ring (bicyclic) bond motifs is 1. The lowest BCUT2D eigenvalue weighted by Gasteiger charge is -2.09. The molecule has 1 N–H and O–H groups in total. The van der Waals surface area contributed by atoms with E-state index in [9.17, 15) is 14.0 Å². The van der Waals surface area contributed by atoms with E-state index in [0.29, 0.717) is 5.69 Å². The SMILES string of the molecule is O=C(COC(=O)c1ccc(F)cc1Br)Nc1cccc2ncccc12. The van der Waals surface area contributed by atoms with E-state index in [-0.39, 0.29) is 10.0 Å². The molecule has 5 nitrogen and oxygen atoms in total. The minimum atomic E-state index is -0.721. The van der Waals surface area contributed by atoms with Gasteiger partial charge in [-0.25, -0.2) is 9.18 Å². The summed E-state index contributed by atoms with van der Waals surface area (Å²) in [4.78, 5) is 28.2. The Labute approximate surface area is 151 Å². The number of carbonyl (C=O) groups excluding carboxylic acids is 2. The lowest BCUT2D eigenvalue weighted by atomic mass is 10.2. The fraction of sp³-hybridized carbons (Fsp3) is 0.0556. The Balaban J connectivity index is 1.65. The third-order valence-electron chi connectivity index (χ3n) is 3.41. The van der Waals surface area contributed by atoms with Gasteiger partial charge >= 0.3 is 5.97 Å². The van der Waals surface area contributed by atoms with Crippen molar-refractivity contribution < 1.29 is 18.7 Å². The minimum Gasteiger partial charge on any atom is -0.452 e. The van der Waals surface area contributed by atoms with Gasteiger partial charge in [-0.1, -0.05) is 6.07 Å². The molecule has 2 aromatic carbocycles. The molecular weight excluding hydrogens is 391 g/mol. The molecule has 1 amide bonds. The zero-order valence-corrected chi connectivity index (χ0v) is 14.4. The molecule has 1 heterocycles. The molecule has 0 saturated carbocycles. The van der Waals surface area contributed by atoms with Gasteiger partial charge in [0.2, 0.25) is 0 Å². The van der Waals surface area contributed by atoms with Crippen LogP contribution in [0, 0.1) is 5.82 Å². The van der Waals surface area contributed by atoms with Gasteiger partial charge in [0.15, 0.2) is 6.61 Å². The number of aromatic nitrogens is 1. The summed E-state index contributed by atoms with van der Waals surface area (Å²) in [6, 6.07) is 12.5. The topological polar surface area (TPSA) is 68.3 Å². The van der Waals surface area contributed by atoms with Crippen LogP contribution in [0.1, 0.15) is 10.4 Å². The molecule has 7 heteroatoms. The number of nitrogens with one attached hydrogen (secondary N) is 1. The average molecular weight is 403 g/mol. The number of amides is 1. The molecule has 1 aromatic heterocycles. The van der Waals surface area contributed by atoms with Crippen molar-refractivity contribution in [2.45, 2.75) is 0 Å². The van der Waals surface area contributed by atoms with E-state index in [1.165, 1.54) is 6.07 Å². The van der Waals surface area contributed by atoms with Gasteiger partial charge in [-0.15, -0.1) is 0 Å². The normalized spacial score (nSPS) is 10.5. The first-order chi connectivity index (χ1) is 12.0. The van der Waals surface area contributed by atoms with Gasteiger partial charge in [-0.05, 0) is 58.4 Å². The van der Waals surface area contributed by atoms with Crippen LogP contribution in [0.3, 0.4) is 0 Å². The largest absolute Gasteiger partial charge is 0.452 e. The van der Waals surface area contributed by atoms with Crippen LogP contribution >= 0.6 is 15.9 Å². The van der Waals surface area contributed by atoms with Gasteiger partial charge in [-0.2, -0.15) is 0 Å². The predicted octanol–water partition coefficient (Wildman–Crippen LogP) is 3.93. The van der Waals surface area contributed by atoms with E-state index in [1.807, 2.05) is 12.1 Å². The van der Waals surface area contributed by atoms with Crippen LogP contribution in [0.2, 0.25) is 0 Å². The van der Waals surface area contributed by atoms with E-state index < -0.39 is 24.3 Å². The number of ether oxygens (including phenoxy) is 1. The maximum atomic E-state index is 13.0. The van der Waals surface area contributed by atoms with E-state index in [2.05, 4.69) is 26.2 Å². The molecule has 0 bridgehead atoms. The number of rotatable bonds is 4. The number of hydrogen-bond donors (Lipinski definition) is 1. The van der Waals surface area contributed by atoms with Gasteiger partial charge in [-0.3, -0.25) is 9.78 Å². The summed E-state index contributed by atoms with van der Waals surface area (Å²) in [5.41, 5.74) is 1.46. The molecule has 0 aliphatic rings. The molecule has 3 aromatic rings. The lowest BCUT2D eigenvalue weighted by Crippen LogP contribution is -2.21. The van der Waals surface area contributed by atoms with Crippen molar-refractivity contribution in [3.05, 3.63) is 70.6 Å². The fourth-order valence-electron chi connectivity index (χ4n) is 2.26. The average Bonchev–Trinajstić information content (AvgIpc) is 2.60. The fourth-order valence-corrected chi connectivity index (χ4v) is 2.78. The Bertz CT molecular complexity index is 957. The smallest absolute Gasteiger partial charge is 0.339 e. The molecule has 126 valence electrons. The van der Waals surface area contributed by atoms with E-state index in [1.54, 1.807) is 24.4 Å². The van der Waals surface area contributed by atoms with Gasteiger partial charge < -0.3 is 10.1 Å². The molecule has 0 spiro atoms. The molecular formula is C18H12BrFN2O3. The Morgan fingerprint density at radius 2 is 2.00 bits per heavy atom. The highest BCUT2D eigenvalue weighted by atomic mass is 79.9. The third kappa shape index (κ3) is 4.00. The van der Waals surface area contributed by atoms with E-state index >= 15 is 0 Å². The third-order valence-corrected chi connectivity index (χ3v) is 4.06. The van der Waals surface area contributed by atoms with Crippen LogP contribution in [0.25, 0.3) is 10.9 Å². The highest BCUT2D eigenvalue weighted by Crippen LogP contribution is 2.21. The van der Waals surface area contributed by atoms with Crippen LogP contribution in [-0.4, -0.2) is 23.5 Å². The number of esters is 1. The summed E-state index contributed by atoms with van der Waals surface area (Å²) in [6.07, 6.45) is 1.66. The second kappa shape index (κ2) is 7.40. The van der Waals surface area contributed by atoms with Crippen LogP contribution < -0.4 is 5.32 Å². The first-order valence-electron chi connectivity index (χ1n) is 7.30. The number of halogens is 2. The molecule has 0 unspecified atom stereocenters. The standard InChI is InChI=1S/C18H12BrFN2O3/c19-14-9-11(20)6-7-12(14)18(24)25-10-17(23)22-16-5-1-4-15-13(16)3-2-8-21-15/h1-9H,10H2,(H,22,23). The molecule has 0 atom stereocenters. The maximum Gasteiger partial charge on any atom is 0.339 e. The summed E-state index contributed by atoms with van der Waals surface area (Å²) < 4.78 is 18.3. The summed E-state index contributed by atoms with van der Waals surface area (Å²) in [7, 11) is 0. The predicted molar refractivity (Wildman–Crippen MR) is 94.8 cm³/mol. The summed E-state index contributed by atoms with van der Waals surface area (Å²) in [5.74, 6) is -1.68. The molecule has 3 rings (SSSR count). The Kier molecular flexibility index (Phi) is 5.04. The molecule has 0 fully saturated rings. The van der Waals surface area contributed by atoms with E-state index in [0.717, 1.165) is 23.0 Å². The zero-order valence-electron chi connectivity index (χ0n) is 12.8. The highest BCUT2D eigenvalue weighted by Gasteiger charge is 2.14. The van der Waals surface area contributed by atoms with Crippen molar-refractivity contribution in [3.8, 4) is 0 Å². The van der Waals surface area contributed by atoms with Crippen LogP contribution in [0.15, 0.2) is 59.2 Å². The van der Waals surface area contributed by atoms with Crippen molar-refractivity contribution in [3.63, 3.8) is 0 Å². The summed E-state index contributed by atoms with van der Waals surface area (Å²) in [5, 5.41) is 3.47. The second-order valence-corrected chi connectivity index (χ2v) is 5.98. The quantitative estimate of drug-likeness (QED) is 0.671. The molecule has 25 heavy (non-hydrogen) atoms. The van der Waals surface area contributed by atoms with Gasteiger partial charge in [0.1, 0.15) is 5.82 Å². The molecule has 0 radical (unpaired) electrons. The Morgan fingerprint density at radius 3 is 2.80 bits per heavy atom. The summed E-state index contributed by atoms with van der Waals surface area (Å²) >= 11 is 3.09. The second-order valence-electron chi connectivity index (χ2n) is 5.12. The first kappa shape index (κ1) is 17.0. The van der Waals surface area contributed by atoms with Crippen LogP contribution in [0.5, 0.6) is 0 Å². The summed E-state index contributed by atoms with van der Waals surface area (Å²) in [6.45, 7) is -0.459. The van der Waals surface area contributed by atoms with Gasteiger partial charge in [0.05, 0.1) is 16.8 Å². The lowest BCUT2D eigenvalue weighted by molar-refractivity contribution is -0.119. The van der Waals surface area contributed by atoms with Crippen molar-refractivity contribution in [2.75, 3.05) is 11.9 Å². The highest BCUT2D eigenvalue weighted by molar-refractivity contribution is 9.10. The van der Waals surface area contributed by atoms with Crippen LogP contribution in [-0.2, 0) is 9.53 Å². The van der Waals surface area contributed by atoms with Crippen molar-refractivity contribution in [1.29, 1.82) is 0 Å². The van der Waals surface area contributed by atoms with Crippen molar-refractivity contribution >= 4 is 44.4 Å². The number of anilines is 1. The Morgan fingerprint density at radius 1 is 1.16 bits per heavy atom. The molecule has 0 saturated heterocycles. The zero-order chi connectivity index (χ0) is 17.8. The van der Waals surface area contributed by atoms with Gasteiger partial charge in [0, 0.05) is 16.1 Å². The van der Waals surface area contributed by atoms with Crippen LogP contribution in [0.4, 0.5) is 10.1 Å². The number of carbonyl (C=O) groups is 2. The minimum absolute atomic E-state index is 0.142. The number of nitrogens with zero attached hydrogens (tertiary/aromatic N) is 1. The van der Waals surface area contributed by atoms with Crippen molar-refractivity contribution in [1.82, 2.24) is 4.98 Å². The number of hydrogen-bond acceptors (Lipinski definition) is 4. The first-order valence-corrected chi connectivity index (χ1v) is 8.09.